The molecule has 0 aromatic heterocycles. The van der Waals surface area contributed by atoms with Gasteiger partial charge in [0.2, 0.25) is 0 Å². The van der Waals surface area contributed by atoms with E-state index in [1.807, 2.05) is 50.2 Å². The quantitative estimate of drug-likeness (QED) is 0.295. The molecule has 0 fully saturated rings. The van der Waals surface area contributed by atoms with Gasteiger partial charge in [-0.1, -0.05) is 18.2 Å². The van der Waals surface area contributed by atoms with Gasteiger partial charge in [-0.05, 0) is 49.2 Å². The molecule has 28 heavy (non-hydrogen) atoms. The Labute approximate surface area is 182 Å². The molecule has 8 heteroatoms. The third-order valence-electron chi connectivity index (χ3n) is 3.68. The minimum atomic E-state index is -0.178. The minimum Gasteiger partial charge on any atom is -0.493 e. The number of carbonyl (C=O) groups is 1. The van der Waals surface area contributed by atoms with Gasteiger partial charge in [-0.25, -0.2) is 4.99 Å². The van der Waals surface area contributed by atoms with Crippen molar-refractivity contribution in [2.24, 2.45) is 10.7 Å². The van der Waals surface area contributed by atoms with E-state index < -0.39 is 0 Å². The lowest BCUT2D eigenvalue weighted by atomic mass is 10.2. The number of ether oxygens (including phenoxy) is 2. The molecule has 0 radical (unpaired) electrons. The predicted molar refractivity (Wildman–Crippen MR) is 123 cm³/mol. The number of nitrogens with zero attached hydrogens (tertiary/aromatic N) is 1. The van der Waals surface area contributed by atoms with Gasteiger partial charge in [0.05, 0.1) is 13.7 Å². The Kier molecular flexibility index (Phi) is 10.1. The highest BCUT2D eigenvalue weighted by molar-refractivity contribution is 14.0. The number of benzene rings is 2. The zero-order chi connectivity index (χ0) is 19.6. The van der Waals surface area contributed by atoms with Crippen molar-refractivity contribution in [3.05, 3.63) is 53.6 Å². The maximum absolute atomic E-state index is 11.5. The average Bonchev–Trinajstić information content (AvgIpc) is 2.65. The van der Waals surface area contributed by atoms with E-state index in [2.05, 4.69) is 15.6 Å². The second kappa shape index (κ2) is 12.1. The summed E-state index contributed by atoms with van der Waals surface area (Å²) < 4.78 is 10.8. The fourth-order valence-corrected chi connectivity index (χ4v) is 2.41. The van der Waals surface area contributed by atoms with Crippen molar-refractivity contribution in [2.45, 2.75) is 20.4 Å². The summed E-state index contributed by atoms with van der Waals surface area (Å²) in [5, 5.41) is 5.74. The number of hydrogen-bond acceptors (Lipinski definition) is 4. The number of carbonyl (C=O) groups excluding carboxylic acids is 1. The number of nitrogens with one attached hydrogen (secondary N) is 2. The molecule has 152 valence electrons. The SMILES string of the molecule is CCNC(=O)COc1ccc(CN=C(N)Nc2cccc(C)c2)cc1OC.I. The molecule has 0 aliphatic heterocycles. The Morgan fingerprint density at radius 3 is 2.64 bits per heavy atom. The van der Waals surface area contributed by atoms with E-state index in [1.54, 1.807) is 13.2 Å². The summed E-state index contributed by atoms with van der Waals surface area (Å²) in [4.78, 5) is 15.9. The number of likely N-dealkylation sites (N-methyl/N-ethyl adjacent to an activating group) is 1. The molecule has 2 aromatic carbocycles. The third-order valence-corrected chi connectivity index (χ3v) is 3.68. The van der Waals surface area contributed by atoms with Gasteiger partial charge in [-0.2, -0.15) is 0 Å². The first kappa shape index (κ1) is 23.5. The predicted octanol–water partition coefficient (Wildman–Crippen LogP) is 3.06. The van der Waals surface area contributed by atoms with Gasteiger partial charge in [0.25, 0.3) is 5.91 Å². The van der Waals surface area contributed by atoms with Crippen LogP contribution in [-0.4, -0.2) is 32.1 Å². The Balaban J connectivity index is 0.00000392. The topological polar surface area (TPSA) is 98.0 Å². The summed E-state index contributed by atoms with van der Waals surface area (Å²) in [5.74, 6) is 1.19. The highest BCUT2D eigenvalue weighted by atomic mass is 127. The van der Waals surface area contributed by atoms with E-state index in [9.17, 15) is 4.79 Å². The van der Waals surface area contributed by atoms with E-state index >= 15 is 0 Å². The summed E-state index contributed by atoms with van der Waals surface area (Å²) in [7, 11) is 1.55. The Hall–Kier alpha value is -2.49. The molecule has 2 rings (SSSR count). The normalized spacial score (nSPS) is 10.6. The first-order chi connectivity index (χ1) is 13.0. The smallest absolute Gasteiger partial charge is 0.257 e. The van der Waals surface area contributed by atoms with Gasteiger partial charge in [0.15, 0.2) is 24.1 Å². The molecular formula is C20H27IN4O3. The summed E-state index contributed by atoms with van der Waals surface area (Å²) in [6.07, 6.45) is 0. The number of hydrogen-bond donors (Lipinski definition) is 3. The lowest BCUT2D eigenvalue weighted by molar-refractivity contribution is -0.123. The molecule has 0 spiro atoms. The molecule has 4 N–H and O–H groups in total. The zero-order valence-corrected chi connectivity index (χ0v) is 18.7. The number of amides is 1. The summed E-state index contributed by atoms with van der Waals surface area (Å²) in [5.41, 5.74) is 8.89. The van der Waals surface area contributed by atoms with Crippen LogP contribution in [0.4, 0.5) is 5.69 Å². The van der Waals surface area contributed by atoms with E-state index in [1.165, 1.54) is 0 Å². The highest BCUT2D eigenvalue weighted by Gasteiger charge is 2.08. The molecule has 0 bridgehead atoms. The van der Waals surface area contributed by atoms with Crippen LogP contribution >= 0.6 is 24.0 Å². The second-order valence-corrected chi connectivity index (χ2v) is 5.92. The van der Waals surface area contributed by atoms with Gasteiger partial charge >= 0.3 is 0 Å². The zero-order valence-electron chi connectivity index (χ0n) is 16.3. The van der Waals surface area contributed by atoms with Crippen LogP contribution in [0.5, 0.6) is 11.5 Å². The van der Waals surface area contributed by atoms with Crippen LogP contribution in [0, 0.1) is 6.92 Å². The number of rotatable bonds is 8. The van der Waals surface area contributed by atoms with Crippen LogP contribution < -0.4 is 25.8 Å². The number of nitrogens with two attached hydrogens (primary N) is 1. The fraction of sp³-hybridized carbons (Fsp3) is 0.300. The molecule has 2 aromatic rings. The van der Waals surface area contributed by atoms with Crippen LogP contribution in [-0.2, 0) is 11.3 Å². The number of aliphatic imine (C=N–C) groups is 1. The van der Waals surface area contributed by atoms with Crippen molar-refractivity contribution in [3.8, 4) is 11.5 Å². The number of methoxy groups -OCH3 is 1. The Bertz CT molecular complexity index is 812. The highest BCUT2D eigenvalue weighted by Crippen LogP contribution is 2.28. The van der Waals surface area contributed by atoms with Crippen LogP contribution in [0.3, 0.4) is 0 Å². The van der Waals surface area contributed by atoms with Gasteiger partial charge in [-0.15, -0.1) is 24.0 Å². The molecule has 0 aliphatic carbocycles. The first-order valence-electron chi connectivity index (χ1n) is 8.71. The molecule has 1 amide bonds. The molecule has 0 saturated heterocycles. The van der Waals surface area contributed by atoms with E-state index in [-0.39, 0.29) is 36.5 Å². The second-order valence-electron chi connectivity index (χ2n) is 5.92. The minimum absolute atomic E-state index is 0. The molecule has 0 aliphatic rings. The first-order valence-corrected chi connectivity index (χ1v) is 8.71. The van der Waals surface area contributed by atoms with Crippen LogP contribution in [0.25, 0.3) is 0 Å². The molecule has 0 atom stereocenters. The standard InChI is InChI=1S/C20H26N4O3.HI/c1-4-22-19(25)13-27-17-9-8-15(11-18(17)26-3)12-23-20(21)24-16-7-5-6-14(2)10-16;/h5-11H,4,12-13H2,1-3H3,(H,22,25)(H3,21,23,24);1H. The molecule has 7 nitrogen and oxygen atoms in total. The lowest BCUT2D eigenvalue weighted by Gasteiger charge is -2.12. The number of aryl methyl sites for hydroxylation is 1. The average molecular weight is 498 g/mol. The number of anilines is 1. The van der Waals surface area contributed by atoms with E-state index in [0.29, 0.717) is 30.5 Å². The molecule has 0 unspecified atom stereocenters. The van der Waals surface area contributed by atoms with Gasteiger partial charge in [0, 0.05) is 12.2 Å². The van der Waals surface area contributed by atoms with Crippen molar-refractivity contribution in [2.75, 3.05) is 25.6 Å². The van der Waals surface area contributed by atoms with E-state index in [0.717, 1.165) is 16.8 Å². The van der Waals surface area contributed by atoms with Crippen LogP contribution in [0.1, 0.15) is 18.1 Å². The van der Waals surface area contributed by atoms with Crippen molar-refractivity contribution in [1.82, 2.24) is 5.32 Å². The van der Waals surface area contributed by atoms with Gasteiger partial charge < -0.3 is 25.8 Å². The van der Waals surface area contributed by atoms with Crippen LogP contribution in [0.2, 0.25) is 0 Å². The summed E-state index contributed by atoms with van der Waals surface area (Å²) in [6.45, 7) is 4.76. The van der Waals surface area contributed by atoms with Crippen molar-refractivity contribution in [1.29, 1.82) is 0 Å². The Morgan fingerprint density at radius 1 is 1.18 bits per heavy atom. The largest absolute Gasteiger partial charge is 0.493 e. The monoisotopic (exact) mass is 498 g/mol. The lowest BCUT2D eigenvalue weighted by Crippen LogP contribution is -2.28. The Morgan fingerprint density at radius 2 is 1.96 bits per heavy atom. The molecule has 0 heterocycles. The van der Waals surface area contributed by atoms with Crippen LogP contribution in [0.15, 0.2) is 47.5 Å². The summed E-state index contributed by atoms with van der Waals surface area (Å²) >= 11 is 0. The fourth-order valence-electron chi connectivity index (χ4n) is 2.41. The van der Waals surface area contributed by atoms with Crippen molar-refractivity contribution in [3.63, 3.8) is 0 Å². The van der Waals surface area contributed by atoms with Gasteiger partial charge in [-0.3, -0.25) is 4.79 Å². The van der Waals surface area contributed by atoms with Crippen molar-refractivity contribution < 1.29 is 14.3 Å². The maximum Gasteiger partial charge on any atom is 0.257 e. The van der Waals surface area contributed by atoms with Crippen molar-refractivity contribution >= 4 is 41.5 Å². The third kappa shape index (κ3) is 7.63. The molecular weight excluding hydrogens is 471 g/mol. The number of guanidine groups is 1. The van der Waals surface area contributed by atoms with Gasteiger partial charge in [0.1, 0.15) is 0 Å². The molecule has 0 saturated carbocycles. The van der Waals surface area contributed by atoms with E-state index in [4.69, 9.17) is 15.2 Å². The number of halogens is 1. The summed E-state index contributed by atoms with van der Waals surface area (Å²) in [6, 6.07) is 13.3. The maximum atomic E-state index is 11.5.